The van der Waals surface area contributed by atoms with Gasteiger partial charge in [-0.15, -0.1) is 12.4 Å². The molecule has 76 valence electrons. The van der Waals surface area contributed by atoms with Gasteiger partial charge in [-0.1, -0.05) is 0 Å². The number of hydrogen-bond donors (Lipinski definition) is 4. The first-order valence-electron chi connectivity index (χ1n) is 3.65. The largest absolute Gasteiger partial charge is 0.478 e. The maximum Gasteiger partial charge on any atom is 0.331 e. The number of aliphatic hydroxyl groups excluding tert-OH is 1. The molecule has 0 unspecified atom stereocenters. The molecule has 1 aliphatic carbocycles. The standard InChI is InChI=1S/C7H12N2O3.ClH/c8-4-1-3(7(11)12)2-5(10)6(4)9;/h2,4-6,10H,1,8-9H2,(H,11,12);1H/t4-,5+,6+;/m0./s1. The van der Waals surface area contributed by atoms with Crippen LogP contribution in [-0.4, -0.2) is 34.4 Å². The highest BCUT2D eigenvalue weighted by molar-refractivity contribution is 5.87. The van der Waals surface area contributed by atoms with Crippen LogP contribution in [0.1, 0.15) is 6.42 Å². The summed E-state index contributed by atoms with van der Waals surface area (Å²) in [6.45, 7) is 0. The average Bonchev–Trinajstić information content (AvgIpc) is 1.99. The molecule has 6 heteroatoms. The summed E-state index contributed by atoms with van der Waals surface area (Å²) in [5.41, 5.74) is 11.1. The van der Waals surface area contributed by atoms with Gasteiger partial charge >= 0.3 is 5.97 Å². The highest BCUT2D eigenvalue weighted by Crippen LogP contribution is 2.16. The van der Waals surface area contributed by atoms with Crippen LogP contribution in [0.4, 0.5) is 0 Å². The van der Waals surface area contributed by atoms with Crippen LogP contribution in [0.3, 0.4) is 0 Å². The van der Waals surface area contributed by atoms with Crippen LogP contribution in [0.5, 0.6) is 0 Å². The van der Waals surface area contributed by atoms with Gasteiger partial charge in [-0.2, -0.15) is 0 Å². The molecule has 0 aromatic rings. The maximum atomic E-state index is 10.5. The molecule has 13 heavy (non-hydrogen) atoms. The number of aliphatic carboxylic acids is 1. The molecule has 0 aliphatic heterocycles. The summed E-state index contributed by atoms with van der Waals surface area (Å²) < 4.78 is 0. The molecule has 5 nitrogen and oxygen atoms in total. The van der Waals surface area contributed by atoms with E-state index in [2.05, 4.69) is 0 Å². The lowest BCUT2D eigenvalue weighted by molar-refractivity contribution is -0.133. The van der Waals surface area contributed by atoms with E-state index in [4.69, 9.17) is 16.6 Å². The van der Waals surface area contributed by atoms with Crippen LogP contribution in [0.15, 0.2) is 11.6 Å². The van der Waals surface area contributed by atoms with E-state index in [9.17, 15) is 9.90 Å². The number of aliphatic hydroxyl groups is 1. The Morgan fingerprint density at radius 2 is 2.08 bits per heavy atom. The fourth-order valence-electron chi connectivity index (χ4n) is 1.19. The predicted octanol–water partition coefficient (Wildman–Crippen LogP) is -1.16. The van der Waals surface area contributed by atoms with Gasteiger partial charge in [0.2, 0.25) is 0 Å². The minimum absolute atomic E-state index is 0. The zero-order chi connectivity index (χ0) is 9.30. The number of halogens is 1. The number of nitrogens with two attached hydrogens (primary N) is 2. The Bertz CT molecular complexity index is 232. The monoisotopic (exact) mass is 208 g/mol. The topological polar surface area (TPSA) is 110 Å². The summed E-state index contributed by atoms with van der Waals surface area (Å²) in [6.07, 6.45) is 0.518. The van der Waals surface area contributed by atoms with Crippen molar-refractivity contribution < 1.29 is 15.0 Å². The number of rotatable bonds is 1. The zero-order valence-corrected chi connectivity index (χ0v) is 7.70. The van der Waals surface area contributed by atoms with Gasteiger partial charge in [0.05, 0.1) is 6.10 Å². The van der Waals surface area contributed by atoms with Crippen molar-refractivity contribution in [1.29, 1.82) is 0 Å². The fraction of sp³-hybridized carbons (Fsp3) is 0.571. The third-order valence-corrected chi connectivity index (χ3v) is 1.99. The molecule has 0 aromatic carbocycles. The summed E-state index contributed by atoms with van der Waals surface area (Å²) >= 11 is 0. The molecule has 3 atom stereocenters. The fourth-order valence-corrected chi connectivity index (χ4v) is 1.19. The van der Waals surface area contributed by atoms with Crippen LogP contribution in [0.2, 0.25) is 0 Å². The van der Waals surface area contributed by atoms with Crippen LogP contribution in [0, 0.1) is 0 Å². The molecule has 0 bridgehead atoms. The van der Waals surface area contributed by atoms with E-state index in [1.807, 2.05) is 0 Å². The second-order valence-electron chi connectivity index (χ2n) is 2.93. The summed E-state index contributed by atoms with van der Waals surface area (Å²) in [5.74, 6) is -1.04. The molecule has 0 radical (unpaired) electrons. The summed E-state index contributed by atoms with van der Waals surface area (Å²) in [7, 11) is 0. The van der Waals surface area contributed by atoms with Gasteiger partial charge in [-0.05, 0) is 12.5 Å². The minimum atomic E-state index is -1.04. The molecule has 0 saturated carbocycles. The van der Waals surface area contributed by atoms with Crippen molar-refractivity contribution >= 4 is 18.4 Å². The number of hydrogen-bond acceptors (Lipinski definition) is 4. The normalized spacial score (nSPS) is 33.2. The molecule has 1 aliphatic rings. The van der Waals surface area contributed by atoms with Crippen molar-refractivity contribution in [3.8, 4) is 0 Å². The van der Waals surface area contributed by atoms with E-state index in [1.54, 1.807) is 0 Å². The Hall–Kier alpha value is -0.620. The van der Waals surface area contributed by atoms with Crippen molar-refractivity contribution in [2.45, 2.75) is 24.6 Å². The van der Waals surface area contributed by atoms with Crippen molar-refractivity contribution in [2.24, 2.45) is 11.5 Å². The van der Waals surface area contributed by atoms with Crippen molar-refractivity contribution in [2.75, 3.05) is 0 Å². The van der Waals surface area contributed by atoms with E-state index in [0.29, 0.717) is 0 Å². The van der Waals surface area contributed by atoms with E-state index < -0.39 is 24.2 Å². The highest BCUT2D eigenvalue weighted by Gasteiger charge is 2.28. The SMILES string of the molecule is Cl.N[C@H]1[C@H](O)C=C(C(=O)O)C[C@@H]1N. The average molecular weight is 209 g/mol. The Kier molecular flexibility index (Phi) is 4.35. The van der Waals surface area contributed by atoms with E-state index in [1.165, 1.54) is 6.08 Å². The third kappa shape index (κ3) is 2.67. The second-order valence-corrected chi connectivity index (χ2v) is 2.93. The van der Waals surface area contributed by atoms with Crippen molar-refractivity contribution in [1.82, 2.24) is 0 Å². The molecule has 0 fully saturated rings. The quantitative estimate of drug-likeness (QED) is 0.435. The van der Waals surface area contributed by atoms with Gasteiger partial charge < -0.3 is 21.7 Å². The lowest BCUT2D eigenvalue weighted by Crippen LogP contribution is -2.51. The van der Waals surface area contributed by atoms with Gasteiger partial charge in [0, 0.05) is 17.7 Å². The number of carboxylic acid groups (broad SMARTS) is 1. The van der Waals surface area contributed by atoms with E-state index >= 15 is 0 Å². The summed E-state index contributed by atoms with van der Waals surface area (Å²) in [5, 5.41) is 17.8. The molecule has 0 aromatic heterocycles. The van der Waals surface area contributed by atoms with Gasteiger partial charge in [0.1, 0.15) is 0 Å². The third-order valence-electron chi connectivity index (χ3n) is 1.99. The van der Waals surface area contributed by atoms with Crippen LogP contribution >= 0.6 is 12.4 Å². The van der Waals surface area contributed by atoms with E-state index in [-0.39, 0.29) is 24.4 Å². The van der Waals surface area contributed by atoms with Gasteiger partial charge in [0.25, 0.3) is 0 Å². The summed E-state index contributed by atoms with van der Waals surface area (Å²) in [6, 6.07) is -1.04. The second kappa shape index (κ2) is 4.57. The lowest BCUT2D eigenvalue weighted by atomic mass is 9.89. The number of carbonyl (C=O) groups is 1. The Labute approximate surface area is 81.8 Å². The first-order valence-corrected chi connectivity index (χ1v) is 3.65. The summed E-state index contributed by atoms with van der Waals surface area (Å²) in [4.78, 5) is 10.5. The predicted molar refractivity (Wildman–Crippen MR) is 49.5 cm³/mol. The zero-order valence-electron chi connectivity index (χ0n) is 6.88. The van der Waals surface area contributed by atoms with Gasteiger partial charge in [-0.3, -0.25) is 0 Å². The highest BCUT2D eigenvalue weighted by atomic mass is 35.5. The maximum absolute atomic E-state index is 10.5. The molecular formula is C7H13ClN2O3. The first-order chi connectivity index (χ1) is 5.52. The molecule has 0 saturated heterocycles. The van der Waals surface area contributed by atoms with Crippen LogP contribution < -0.4 is 11.5 Å². The Morgan fingerprint density at radius 1 is 1.54 bits per heavy atom. The number of carboxylic acids is 1. The molecular weight excluding hydrogens is 196 g/mol. The molecule has 0 amide bonds. The van der Waals surface area contributed by atoms with Gasteiger partial charge in [-0.25, -0.2) is 4.79 Å². The molecule has 1 rings (SSSR count). The lowest BCUT2D eigenvalue weighted by Gasteiger charge is -2.27. The smallest absolute Gasteiger partial charge is 0.331 e. The first kappa shape index (κ1) is 12.4. The molecule has 0 heterocycles. The Morgan fingerprint density at radius 3 is 2.46 bits per heavy atom. The van der Waals surface area contributed by atoms with Crippen LogP contribution in [0.25, 0.3) is 0 Å². The van der Waals surface area contributed by atoms with Crippen molar-refractivity contribution in [3.63, 3.8) is 0 Å². The molecule has 6 N–H and O–H groups in total. The van der Waals surface area contributed by atoms with Crippen LogP contribution in [-0.2, 0) is 4.79 Å². The van der Waals surface area contributed by atoms with Crippen molar-refractivity contribution in [3.05, 3.63) is 11.6 Å². The van der Waals surface area contributed by atoms with E-state index in [0.717, 1.165) is 0 Å². The van der Waals surface area contributed by atoms with Gasteiger partial charge in [0.15, 0.2) is 0 Å². The minimum Gasteiger partial charge on any atom is -0.478 e. The Balaban J connectivity index is 0.00000144. The molecule has 0 spiro atoms.